The second kappa shape index (κ2) is 7.99. The zero-order valence-electron chi connectivity index (χ0n) is 15.8. The fraction of sp³-hybridized carbons (Fsp3) is 0.227. The highest BCUT2D eigenvalue weighted by molar-refractivity contribution is 5.94. The van der Waals surface area contributed by atoms with Crippen LogP contribution in [-0.2, 0) is 4.79 Å². The number of carbonyl (C=O) groups is 2. The van der Waals surface area contributed by atoms with E-state index in [1.54, 1.807) is 20.3 Å². The first-order valence-corrected chi connectivity index (χ1v) is 9.02. The lowest BCUT2D eigenvalue weighted by Gasteiger charge is -2.19. The molecule has 0 spiro atoms. The molecule has 3 aromatic rings. The van der Waals surface area contributed by atoms with E-state index in [2.05, 4.69) is 10.3 Å². The van der Waals surface area contributed by atoms with Gasteiger partial charge in [-0.25, -0.2) is 4.98 Å². The molecule has 0 aliphatic rings. The number of rotatable bonds is 6. The molecule has 0 radical (unpaired) electrons. The average molecular weight is 361 g/mol. The quantitative estimate of drug-likeness (QED) is 0.672. The summed E-state index contributed by atoms with van der Waals surface area (Å²) in [5.41, 5.74) is 4.23. The monoisotopic (exact) mass is 361 g/mol. The second-order valence-electron chi connectivity index (χ2n) is 6.39. The van der Waals surface area contributed by atoms with Crippen molar-refractivity contribution in [2.45, 2.75) is 26.3 Å². The van der Waals surface area contributed by atoms with Crippen LogP contribution in [-0.4, -0.2) is 28.3 Å². The maximum atomic E-state index is 12.4. The third-order valence-corrected chi connectivity index (χ3v) is 4.68. The Morgan fingerprint density at radius 3 is 2.26 bits per heavy atom. The number of likely N-dealkylation sites (N-methyl/N-ethyl adjacent to an activating group) is 1. The number of nitrogens with one attached hydrogen (secondary N) is 1. The topological polar surface area (TPSA) is 64.0 Å². The van der Waals surface area contributed by atoms with Gasteiger partial charge in [-0.15, -0.1) is 0 Å². The van der Waals surface area contributed by atoms with Gasteiger partial charge in [-0.1, -0.05) is 61.5 Å². The summed E-state index contributed by atoms with van der Waals surface area (Å²) in [4.78, 5) is 28.6. The zero-order valence-corrected chi connectivity index (χ0v) is 15.8. The molecule has 3 rings (SSSR count). The summed E-state index contributed by atoms with van der Waals surface area (Å²) in [6, 6.07) is 17.0. The van der Waals surface area contributed by atoms with E-state index in [0.29, 0.717) is 12.0 Å². The van der Waals surface area contributed by atoms with Gasteiger partial charge in [0.05, 0.1) is 17.7 Å². The second-order valence-corrected chi connectivity index (χ2v) is 6.39. The molecule has 0 saturated heterocycles. The van der Waals surface area contributed by atoms with E-state index in [9.17, 15) is 9.59 Å². The molecule has 0 bridgehead atoms. The SMILES string of the molecule is CC[C@H](C(=O)NC)n1cnc(-c2ccccc2)c1-c1ccc(C(C)=O)cc1. The number of Topliss-reactive ketones (excluding diaryl/α,β-unsaturated/α-hetero) is 1. The molecule has 1 aromatic heterocycles. The smallest absolute Gasteiger partial charge is 0.242 e. The predicted molar refractivity (Wildman–Crippen MR) is 106 cm³/mol. The van der Waals surface area contributed by atoms with Gasteiger partial charge in [-0.2, -0.15) is 0 Å². The first-order valence-electron chi connectivity index (χ1n) is 9.02. The van der Waals surface area contributed by atoms with Crippen LogP contribution in [0.3, 0.4) is 0 Å². The van der Waals surface area contributed by atoms with Gasteiger partial charge in [0, 0.05) is 23.7 Å². The molecule has 0 saturated carbocycles. The van der Waals surface area contributed by atoms with Crippen LogP contribution in [0.25, 0.3) is 22.5 Å². The Balaban J connectivity index is 2.19. The molecular formula is C22H23N3O2. The number of aromatic nitrogens is 2. The highest BCUT2D eigenvalue weighted by Gasteiger charge is 2.24. The van der Waals surface area contributed by atoms with Gasteiger partial charge in [-0.05, 0) is 13.3 Å². The van der Waals surface area contributed by atoms with Crippen molar-refractivity contribution in [3.05, 3.63) is 66.5 Å². The van der Waals surface area contributed by atoms with E-state index < -0.39 is 0 Å². The van der Waals surface area contributed by atoms with Crippen molar-refractivity contribution >= 4 is 11.7 Å². The van der Waals surface area contributed by atoms with Gasteiger partial charge in [0.15, 0.2) is 5.78 Å². The van der Waals surface area contributed by atoms with Crippen LogP contribution in [0.4, 0.5) is 0 Å². The van der Waals surface area contributed by atoms with Crippen LogP contribution in [0, 0.1) is 0 Å². The predicted octanol–water partition coefficient (Wildman–Crippen LogP) is 4.12. The standard InChI is InChI=1S/C22H23N3O2/c1-4-19(22(27)23-3)25-14-24-20(17-8-6-5-7-9-17)21(25)18-12-10-16(11-13-18)15(2)26/h5-14,19H,4H2,1-3H3,(H,23,27)/t19-/m1/s1. The van der Waals surface area contributed by atoms with Crippen LogP contribution in [0.1, 0.15) is 36.7 Å². The van der Waals surface area contributed by atoms with Crippen LogP contribution in [0.15, 0.2) is 60.9 Å². The average Bonchev–Trinajstić information content (AvgIpc) is 3.13. The normalized spacial score (nSPS) is 11.8. The Hall–Kier alpha value is -3.21. The minimum absolute atomic E-state index is 0.0233. The number of amides is 1. The fourth-order valence-corrected chi connectivity index (χ4v) is 3.23. The number of ketones is 1. The molecule has 5 heteroatoms. The Morgan fingerprint density at radius 2 is 1.70 bits per heavy atom. The summed E-state index contributed by atoms with van der Waals surface area (Å²) in [7, 11) is 1.64. The summed E-state index contributed by atoms with van der Waals surface area (Å²) in [6.07, 6.45) is 2.36. The summed E-state index contributed by atoms with van der Waals surface area (Å²) >= 11 is 0. The van der Waals surface area contributed by atoms with E-state index >= 15 is 0 Å². The Kier molecular flexibility index (Phi) is 5.50. The highest BCUT2D eigenvalue weighted by atomic mass is 16.2. The largest absolute Gasteiger partial charge is 0.357 e. The minimum Gasteiger partial charge on any atom is -0.357 e. The molecule has 5 nitrogen and oxygen atoms in total. The van der Waals surface area contributed by atoms with Gasteiger partial charge in [0.1, 0.15) is 6.04 Å². The molecule has 0 aliphatic carbocycles. The molecule has 138 valence electrons. The van der Waals surface area contributed by atoms with Gasteiger partial charge >= 0.3 is 0 Å². The van der Waals surface area contributed by atoms with Crippen molar-refractivity contribution in [3.63, 3.8) is 0 Å². The summed E-state index contributed by atoms with van der Waals surface area (Å²) in [5, 5.41) is 2.73. The molecular weight excluding hydrogens is 338 g/mol. The molecule has 1 N–H and O–H groups in total. The lowest BCUT2D eigenvalue weighted by atomic mass is 10.0. The minimum atomic E-state index is -0.359. The zero-order chi connectivity index (χ0) is 19.4. The van der Waals surface area contributed by atoms with Gasteiger partial charge in [0.2, 0.25) is 5.91 Å². The molecule has 2 aromatic carbocycles. The third-order valence-electron chi connectivity index (χ3n) is 4.68. The summed E-state index contributed by atoms with van der Waals surface area (Å²) < 4.78 is 1.92. The Morgan fingerprint density at radius 1 is 1.04 bits per heavy atom. The maximum absolute atomic E-state index is 12.4. The van der Waals surface area contributed by atoms with Crippen molar-refractivity contribution in [2.24, 2.45) is 0 Å². The van der Waals surface area contributed by atoms with Crippen LogP contribution >= 0.6 is 0 Å². The van der Waals surface area contributed by atoms with Crippen molar-refractivity contribution in [3.8, 4) is 22.5 Å². The van der Waals surface area contributed by atoms with E-state index in [-0.39, 0.29) is 17.7 Å². The third kappa shape index (κ3) is 3.67. The summed E-state index contributed by atoms with van der Waals surface area (Å²) in [5.74, 6) is -0.0359. The van der Waals surface area contributed by atoms with Crippen LogP contribution in [0.2, 0.25) is 0 Å². The number of hydrogen-bond donors (Lipinski definition) is 1. The highest BCUT2D eigenvalue weighted by Crippen LogP contribution is 2.34. The van der Waals surface area contributed by atoms with E-state index in [0.717, 1.165) is 22.5 Å². The van der Waals surface area contributed by atoms with E-state index in [1.807, 2.05) is 66.1 Å². The first kappa shape index (κ1) is 18.6. The van der Waals surface area contributed by atoms with Crippen molar-refractivity contribution in [1.29, 1.82) is 0 Å². The van der Waals surface area contributed by atoms with Gasteiger partial charge in [-0.3, -0.25) is 9.59 Å². The maximum Gasteiger partial charge on any atom is 0.242 e. The van der Waals surface area contributed by atoms with E-state index in [4.69, 9.17) is 0 Å². The number of hydrogen-bond acceptors (Lipinski definition) is 3. The lowest BCUT2D eigenvalue weighted by molar-refractivity contribution is -0.123. The van der Waals surface area contributed by atoms with Gasteiger partial charge < -0.3 is 9.88 Å². The summed E-state index contributed by atoms with van der Waals surface area (Å²) in [6.45, 7) is 3.53. The molecule has 0 aliphatic heterocycles. The Bertz CT molecular complexity index is 943. The van der Waals surface area contributed by atoms with Crippen molar-refractivity contribution < 1.29 is 9.59 Å². The fourth-order valence-electron chi connectivity index (χ4n) is 3.23. The molecule has 0 unspecified atom stereocenters. The molecule has 27 heavy (non-hydrogen) atoms. The molecule has 1 heterocycles. The van der Waals surface area contributed by atoms with Crippen LogP contribution < -0.4 is 5.32 Å². The molecule has 0 fully saturated rings. The van der Waals surface area contributed by atoms with Crippen molar-refractivity contribution in [1.82, 2.24) is 14.9 Å². The van der Waals surface area contributed by atoms with Crippen LogP contribution in [0.5, 0.6) is 0 Å². The molecule has 1 atom stereocenters. The molecule has 1 amide bonds. The van der Waals surface area contributed by atoms with Gasteiger partial charge in [0.25, 0.3) is 0 Å². The number of nitrogens with zero attached hydrogens (tertiary/aromatic N) is 2. The first-order chi connectivity index (χ1) is 13.1. The lowest BCUT2D eigenvalue weighted by Crippen LogP contribution is -2.29. The van der Waals surface area contributed by atoms with Crippen molar-refractivity contribution in [2.75, 3.05) is 7.05 Å². The number of carbonyl (C=O) groups excluding carboxylic acids is 2. The Labute approximate surface area is 159 Å². The number of benzene rings is 2. The van der Waals surface area contributed by atoms with E-state index in [1.165, 1.54) is 0 Å². The number of imidazole rings is 1.